The minimum atomic E-state index is -0.160. The maximum atomic E-state index is 11.9. The first-order valence-electron chi connectivity index (χ1n) is 5.50. The molecule has 0 unspecified atom stereocenters. The zero-order valence-electron chi connectivity index (χ0n) is 10.8. The van der Waals surface area contributed by atoms with Gasteiger partial charge in [0.15, 0.2) is 0 Å². The molecule has 2 rings (SSSR count). The van der Waals surface area contributed by atoms with Crippen molar-refractivity contribution in [1.29, 1.82) is 0 Å². The molecule has 1 N–H and O–H groups in total. The topological polar surface area (TPSA) is 90.5 Å². The molecule has 0 saturated carbocycles. The van der Waals surface area contributed by atoms with Crippen molar-refractivity contribution >= 4 is 11.9 Å². The highest BCUT2D eigenvalue weighted by atomic mass is 16.1. The SMILES string of the molecule is Cc1nn(C)c(C)c1CC(=O)Nc1nnnn1C. The fraction of sp³-hybridized carbons (Fsp3) is 0.500. The number of tetrazole rings is 1. The molecule has 0 spiro atoms. The lowest BCUT2D eigenvalue weighted by molar-refractivity contribution is -0.115. The molecule has 0 aliphatic rings. The van der Waals surface area contributed by atoms with Gasteiger partial charge in [0.25, 0.3) is 0 Å². The minimum absolute atomic E-state index is 0.160. The predicted molar refractivity (Wildman–Crippen MR) is 63.8 cm³/mol. The second-order valence-electron chi connectivity index (χ2n) is 4.12. The highest BCUT2D eigenvalue weighted by molar-refractivity contribution is 5.90. The van der Waals surface area contributed by atoms with Crippen molar-refractivity contribution in [2.45, 2.75) is 20.3 Å². The molecular formula is C10H15N7O. The lowest BCUT2D eigenvalue weighted by atomic mass is 10.1. The van der Waals surface area contributed by atoms with Gasteiger partial charge in [-0.3, -0.25) is 14.8 Å². The largest absolute Gasteiger partial charge is 0.293 e. The number of rotatable bonds is 3. The molecule has 0 aliphatic heterocycles. The van der Waals surface area contributed by atoms with Crippen LogP contribution < -0.4 is 5.32 Å². The van der Waals surface area contributed by atoms with E-state index in [1.165, 1.54) is 4.68 Å². The summed E-state index contributed by atoms with van der Waals surface area (Å²) in [5, 5.41) is 17.7. The molecule has 0 bridgehead atoms. The van der Waals surface area contributed by atoms with E-state index < -0.39 is 0 Å². The molecule has 1 amide bonds. The van der Waals surface area contributed by atoms with Gasteiger partial charge in [0.2, 0.25) is 11.9 Å². The smallest absolute Gasteiger partial charge is 0.249 e. The van der Waals surface area contributed by atoms with Crippen molar-refractivity contribution in [2.75, 3.05) is 5.32 Å². The number of hydrogen-bond donors (Lipinski definition) is 1. The van der Waals surface area contributed by atoms with E-state index >= 15 is 0 Å². The maximum absolute atomic E-state index is 11.9. The predicted octanol–water partition coefficient (Wildman–Crippen LogP) is -0.258. The fourth-order valence-electron chi connectivity index (χ4n) is 1.74. The summed E-state index contributed by atoms with van der Waals surface area (Å²) >= 11 is 0. The first-order chi connectivity index (χ1) is 8.49. The molecule has 0 saturated heterocycles. The Bertz CT molecular complexity index is 583. The zero-order valence-corrected chi connectivity index (χ0v) is 10.8. The van der Waals surface area contributed by atoms with Crippen LogP contribution in [-0.4, -0.2) is 35.9 Å². The van der Waals surface area contributed by atoms with E-state index in [0.717, 1.165) is 17.0 Å². The van der Waals surface area contributed by atoms with Crippen molar-refractivity contribution in [2.24, 2.45) is 14.1 Å². The molecule has 0 aromatic carbocycles. The maximum Gasteiger partial charge on any atom is 0.249 e. The van der Waals surface area contributed by atoms with Gasteiger partial charge in [0.05, 0.1) is 12.1 Å². The van der Waals surface area contributed by atoms with Crippen molar-refractivity contribution in [1.82, 2.24) is 30.0 Å². The Morgan fingerprint density at radius 2 is 2.00 bits per heavy atom. The molecule has 2 aromatic rings. The second-order valence-corrected chi connectivity index (χ2v) is 4.12. The minimum Gasteiger partial charge on any atom is -0.293 e. The molecule has 0 radical (unpaired) electrons. The molecule has 18 heavy (non-hydrogen) atoms. The first-order valence-corrected chi connectivity index (χ1v) is 5.50. The van der Waals surface area contributed by atoms with Gasteiger partial charge in [-0.05, 0) is 24.3 Å². The van der Waals surface area contributed by atoms with Crippen LogP contribution in [0.5, 0.6) is 0 Å². The van der Waals surface area contributed by atoms with E-state index in [9.17, 15) is 4.79 Å². The van der Waals surface area contributed by atoms with E-state index in [0.29, 0.717) is 5.95 Å². The van der Waals surface area contributed by atoms with Crippen molar-refractivity contribution in [3.63, 3.8) is 0 Å². The average molecular weight is 249 g/mol. The molecule has 0 aliphatic carbocycles. The normalized spacial score (nSPS) is 10.7. The quantitative estimate of drug-likeness (QED) is 0.809. The lowest BCUT2D eigenvalue weighted by Crippen LogP contribution is -2.18. The number of aryl methyl sites for hydroxylation is 3. The number of hydrogen-bond acceptors (Lipinski definition) is 5. The van der Waals surface area contributed by atoms with Crippen LogP contribution in [0.3, 0.4) is 0 Å². The summed E-state index contributed by atoms with van der Waals surface area (Å²) in [5.41, 5.74) is 2.78. The van der Waals surface area contributed by atoms with Gasteiger partial charge in [-0.15, -0.1) is 0 Å². The molecular weight excluding hydrogens is 234 g/mol. The average Bonchev–Trinajstić information content (AvgIpc) is 2.79. The van der Waals surface area contributed by atoms with Crippen LogP contribution in [0.15, 0.2) is 0 Å². The standard InChI is InChI=1S/C10H15N7O/c1-6-8(7(2)16(3)13-6)5-9(18)11-10-12-14-15-17(10)4/h5H2,1-4H3,(H,11,12,15,18). The Balaban J connectivity index is 2.10. The van der Waals surface area contributed by atoms with Crippen molar-refractivity contribution < 1.29 is 4.79 Å². The summed E-state index contributed by atoms with van der Waals surface area (Å²) in [7, 11) is 3.52. The molecule has 0 fully saturated rings. The van der Waals surface area contributed by atoms with Crippen LogP contribution in [0.4, 0.5) is 5.95 Å². The second kappa shape index (κ2) is 4.55. The van der Waals surface area contributed by atoms with Crippen LogP contribution in [0, 0.1) is 13.8 Å². The number of amides is 1. The number of aromatic nitrogens is 6. The Morgan fingerprint density at radius 1 is 1.28 bits per heavy atom. The Morgan fingerprint density at radius 3 is 2.50 bits per heavy atom. The summed E-state index contributed by atoms with van der Waals surface area (Å²) in [6, 6.07) is 0. The van der Waals surface area contributed by atoms with E-state index in [4.69, 9.17) is 0 Å². The van der Waals surface area contributed by atoms with E-state index in [2.05, 4.69) is 25.9 Å². The molecule has 2 heterocycles. The Kier molecular flexibility index (Phi) is 3.09. The van der Waals surface area contributed by atoms with Gasteiger partial charge >= 0.3 is 0 Å². The Hall–Kier alpha value is -2.25. The monoisotopic (exact) mass is 249 g/mol. The molecule has 8 nitrogen and oxygen atoms in total. The highest BCUT2D eigenvalue weighted by Crippen LogP contribution is 2.13. The summed E-state index contributed by atoms with van der Waals surface area (Å²) in [6.07, 6.45) is 0.262. The molecule has 2 aromatic heterocycles. The molecule has 0 atom stereocenters. The summed E-state index contributed by atoms with van der Waals surface area (Å²) in [4.78, 5) is 11.9. The lowest BCUT2D eigenvalue weighted by Gasteiger charge is -2.03. The third-order valence-electron chi connectivity index (χ3n) is 2.87. The van der Waals surface area contributed by atoms with Crippen molar-refractivity contribution in [3.05, 3.63) is 17.0 Å². The number of carbonyl (C=O) groups excluding carboxylic acids is 1. The van der Waals surface area contributed by atoms with Crippen LogP contribution in [0.1, 0.15) is 17.0 Å². The van der Waals surface area contributed by atoms with Crippen molar-refractivity contribution in [3.8, 4) is 0 Å². The van der Waals surface area contributed by atoms with Crippen LogP contribution in [0.2, 0.25) is 0 Å². The van der Waals surface area contributed by atoms with Gasteiger partial charge < -0.3 is 0 Å². The summed E-state index contributed by atoms with van der Waals surface area (Å²) < 4.78 is 3.17. The fourth-order valence-corrected chi connectivity index (χ4v) is 1.74. The highest BCUT2D eigenvalue weighted by Gasteiger charge is 2.15. The zero-order chi connectivity index (χ0) is 13.3. The summed E-state index contributed by atoms with van der Waals surface area (Å²) in [6.45, 7) is 3.83. The van der Waals surface area contributed by atoms with Gasteiger partial charge in [0, 0.05) is 25.4 Å². The first kappa shape index (κ1) is 12.2. The molecule has 8 heteroatoms. The van der Waals surface area contributed by atoms with E-state index in [1.54, 1.807) is 11.7 Å². The number of anilines is 1. The number of carbonyl (C=O) groups is 1. The van der Waals surface area contributed by atoms with E-state index in [-0.39, 0.29) is 12.3 Å². The van der Waals surface area contributed by atoms with Crippen LogP contribution in [-0.2, 0) is 25.3 Å². The van der Waals surface area contributed by atoms with E-state index in [1.807, 2.05) is 20.9 Å². The molecule has 96 valence electrons. The third kappa shape index (κ3) is 2.22. The van der Waals surface area contributed by atoms with Crippen LogP contribution >= 0.6 is 0 Å². The van der Waals surface area contributed by atoms with Gasteiger partial charge in [-0.1, -0.05) is 5.10 Å². The Labute approximate surface area is 104 Å². The third-order valence-corrected chi connectivity index (χ3v) is 2.87. The van der Waals surface area contributed by atoms with Gasteiger partial charge in [0.1, 0.15) is 0 Å². The number of nitrogens with one attached hydrogen (secondary N) is 1. The number of nitrogens with zero attached hydrogens (tertiary/aromatic N) is 6. The van der Waals surface area contributed by atoms with Gasteiger partial charge in [-0.25, -0.2) is 4.68 Å². The summed E-state index contributed by atoms with van der Waals surface area (Å²) in [5.74, 6) is 0.172. The van der Waals surface area contributed by atoms with Crippen LogP contribution in [0.25, 0.3) is 0 Å². The van der Waals surface area contributed by atoms with Gasteiger partial charge in [-0.2, -0.15) is 5.10 Å².